The molecule has 0 heterocycles. The van der Waals surface area contributed by atoms with Crippen LogP contribution >= 0.6 is 0 Å². The average Bonchev–Trinajstić information content (AvgIpc) is 3.21. The molecule has 0 aromatic rings. The molecule has 5 rings (SSSR count). The third-order valence-corrected chi connectivity index (χ3v) is 14.3. The lowest BCUT2D eigenvalue weighted by molar-refractivity contribution is -0.243. The molecule has 0 aromatic carbocycles. The van der Waals surface area contributed by atoms with Gasteiger partial charge in [0, 0.05) is 5.54 Å². The molecule has 39 heavy (non-hydrogen) atoms. The van der Waals surface area contributed by atoms with Gasteiger partial charge in [-0.1, -0.05) is 46.8 Å². The molecular weight excluding hydrogens is 484 g/mol. The zero-order valence-corrected chi connectivity index (χ0v) is 26.3. The lowest BCUT2D eigenvalue weighted by Crippen LogP contribution is -2.69. The number of hydrogen-bond donors (Lipinski definition) is 4. The number of aliphatic hydroxyl groups is 2. The molecular formula is C34H58N2O3. The second-order valence-electron chi connectivity index (χ2n) is 16.8. The summed E-state index contributed by atoms with van der Waals surface area (Å²) in [6, 6.07) is -0.138. The van der Waals surface area contributed by atoms with Gasteiger partial charge in [0.15, 0.2) is 0 Å². The monoisotopic (exact) mass is 542 g/mol. The largest absolute Gasteiger partial charge is 0.394 e. The maximum atomic E-state index is 13.3. The van der Waals surface area contributed by atoms with Crippen molar-refractivity contribution in [3.8, 4) is 0 Å². The number of allylic oxidation sites excluding steroid dienone is 1. The van der Waals surface area contributed by atoms with Crippen LogP contribution in [0.5, 0.6) is 0 Å². The number of carbonyl (C=O) groups is 1. The molecule has 0 spiro atoms. The van der Waals surface area contributed by atoms with Crippen molar-refractivity contribution in [3.63, 3.8) is 0 Å². The Morgan fingerprint density at radius 3 is 2.23 bits per heavy atom. The van der Waals surface area contributed by atoms with Crippen LogP contribution in [0.3, 0.4) is 0 Å². The maximum Gasteiger partial charge on any atom is 0.315 e. The van der Waals surface area contributed by atoms with E-state index in [1.165, 1.54) is 31.3 Å². The molecule has 2 amide bonds. The van der Waals surface area contributed by atoms with Crippen LogP contribution in [-0.4, -0.2) is 40.0 Å². The van der Waals surface area contributed by atoms with E-state index in [0.717, 1.165) is 38.5 Å². The van der Waals surface area contributed by atoms with Crippen LogP contribution in [0.4, 0.5) is 4.79 Å². The summed E-state index contributed by atoms with van der Waals surface area (Å²) in [7, 11) is 0. The molecule has 5 aliphatic carbocycles. The SMILES string of the molecule is C=C(C)[C@@H]1CC[C@]2(NC(=O)NC(C)(C)CO)CC[C@]3(C)[C@H](CC[C@@H]4[C@@]5(C)CC[C@H](O)C(C)(C)[C@@H]5CC[C@]43C)[C@@H]12. The van der Waals surface area contributed by atoms with Crippen molar-refractivity contribution in [1.82, 2.24) is 10.6 Å². The van der Waals surface area contributed by atoms with Gasteiger partial charge in [-0.2, -0.15) is 0 Å². The summed E-state index contributed by atoms with van der Waals surface area (Å²) in [5, 5.41) is 27.3. The second kappa shape index (κ2) is 9.21. The maximum absolute atomic E-state index is 13.3. The van der Waals surface area contributed by atoms with Crippen molar-refractivity contribution in [1.29, 1.82) is 0 Å². The molecule has 4 N–H and O–H groups in total. The van der Waals surface area contributed by atoms with E-state index < -0.39 is 5.54 Å². The normalized spacial score (nSPS) is 48.7. The van der Waals surface area contributed by atoms with Gasteiger partial charge in [-0.3, -0.25) is 0 Å². The van der Waals surface area contributed by atoms with E-state index in [-0.39, 0.29) is 45.9 Å². The first-order valence-corrected chi connectivity index (χ1v) is 16.0. The summed E-state index contributed by atoms with van der Waals surface area (Å²) < 4.78 is 0. The molecule has 0 unspecified atom stereocenters. The van der Waals surface area contributed by atoms with E-state index in [9.17, 15) is 15.0 Å². The van der Waals surface area contributed by atoms with Crippen molar-refractivity contribution in [2.75, 3.05) is 6.61 Å². The van der Waals surface area contributed by atoms with E-state index >= 15 is 0 Å². The van der Waals surface area contributed by atoms with Gasteiger partial charge >= 0.3 is 6.03 Å². The van der Waals surface area contributed by atoms with Gasteiger partial charge in [-0.05, 0) is 136 Å². The summed E-state index contributed by atoms with van der Waals surface area (Å²) in [4.78, 5) is 13.3. The third-order valence-electron chi connectivity index (χ3n) is 14.3. The Kier molecular flexibility index (Phi) is 6.95. The predicted octanol–water partition coefficient (Wildman–Crippen LogP) is 6.83. The number of hydrogen-bond acceptors (Lipinski definition) is 3. The summed E-state index contributed by atoms with van der Waals surface area (Å²) in [6.45, 7) is 22.9. The highest BCUT2D eigenvalue weighted by atomic mass is 16.3. The Bertz CT molecular complexity index is 1010. The van der Waals surface area contributed by atoms with E-state index in [0.29, 0.717) is 29.6 Å². The van der Waals surface area contributed by atoms with Crippen LogP contribution in [0.2, 0.25) is 0 Å². The number of nitrogens with one attached hydrogen (secondary N) is 2. The summed E-state index contributed by atoms with van der Waals surface area (Å²) in [5.41, 5.74) is 1.15. The molecule has 0 aliphatic heterocycles. The van der Waals surface area contributed by atoms with E-state index in [2.05, 4.69) is 58.8 Å². The Labute approximate surface area is 238 Å². The van der Waals surface area contributed by atoms with Gasteiger partial charge in [-0.15, -0.1) is 0 Å². The third kappa shape index (κ3) is 4.09. The lowest BCUT2D eigenvalue weighted by Gasteiger charge is -2.73. The fourth-order valence-corrected chi connectivity index (χ4v) is 12.0. The van der Waals surface area contributed by atoms with Crippen molar-refractivity contribution in [2.45, 2.75) is 137 Å². The Hall–Kier alpha value is -1.07. The molecule has 0 aromatic heterocycles. The highest BCUT2D eigenvalue weighted by molar-refractivity contribution is 5.76. The summed E-state index contributed by atoms with van der Waals surface area (Å²) in [5.74, 6) is 2.66. The Balaban J connectivity index is 1.49. The minimum atomic E-state index is -0.646. The van der Waals surface area contributed by atoms with Crippen LogP contribution in [0, 0.1) is 51.2 Å². The number of rotatable bonds is 4. The van der Waals surface area contributed by atoms with Crippen molar-refractivity contribution in [2.24, 2.45) is 51.2 Å². The van der Waals surface area contributed by atoms with Gasteiger partial charge in [0.05, 0.1) is 18.2 Å². The van der Waals surface area contributed by atoms with Crippen molar-refractivity contribution < 1.29 is 15.0 Å². The number of urea groups is 1. The molecule has 222 valence electrons. The second-order valence-corrected chi connectivity index (χ2v) is 16.8. The lowest BCUT2D eigenvalue weighted by atomic mass is 9.32. The molecule has 5 saturated carbocycles. The average molecular weight is 543 g/mol. The Morgan fingerprint density at radius 2 is 1.59 bits per heavy atom. The predicted molar refractivity (Wildman–Crippen MR) is 158 cm³/mol. The minimum absolute atomic E-state index is 0.0239. The van der Waals surface area contributed by atoms with E-state index in [1.54, 1.807) is 0 Å². The molecule has 0 saturated heterocycles. The Morgan fingerprint density at radius 1 is 0.897 bits per heavy atom. The number of amides is 2. The minimum Gasteiger partial charge on any atom is -0.394 e. The first-order chi connectivity index (χ1) is 18.0. The molecule has 5 fully saturated rings. The van der Waals surface area contributed by atoms with Crippen molar-refractivity contribution >= 4 is 6.03 Å². The smallest absolute Gasteiger partial charge is 0.315 e. The fraction of sp³-hybridized carbons (Fsp3) is 0.912. The van der Waals surface area contributed by atoms with Gasteiger partial charge < -0.3 is 20.8 Å². The molecule has 0 radical (unpaired) electrons. The first kappa shape index (κ1) is 29.4. The molecule has 5 nitrogen and oxygen atoms in total. The number of carbonyl (C=O) groups excluding carboxylic acids is 1. The molecule has 5 aliphatic rings. The van der Waals surface area contributed by atoms with Gasteiger partial charge in [-0.25, -0.2) is 4.79 Å². The van der Waals surface area contributed by atoms with Crippen LogP contribution < -0.4 is 10.6 Å². The zero-order chi connectivity index (χ0) is 28.8. The highest BCUT2D eigenvalue weighted by Crippen LogP contribution is 2.76. The van der Waals surface area contributed by atoms with Crippen LogP contribution in [0.15, 0.2) is 12.2 Å². The quantitative estimate of drug-likeness (QED) is 0.294. The molecule has 10 atom stereocenters. The topological polar surface area (TPSA) is 81.6 Å². The van der Waals surface area contributed by atoms with Crippen LogP contribution in [0.1, 0.15) is 120 Å². The van der Waals surface area contributed by atoms with E-state index in [1.807, 2.05) is 13.8 Å². The van der Waals surface area contributed by atoms with Gasteiger partial charge in [0.1, 0.15) is 0 Å². The molecule has 5 heteroatoms. The van der Waals surface area contributed by atoms with E-state index in [4.69, 9.17) is 0 Å². The van der Waals surface area contributed by atoms with Crippen LogP contribution in [-0.2, 0) is 0 Å². The van der Waals surface area contributed by atoms with Crippen molar-refractivity contribution in [3.05, 3.63) is 12.2 Å². The van der Waals surface area contributed by atoms with Crippen LogP contribution in [0.25, 0.3) is 0 Å². The zero-order valence-electron chi connectivity index (χ0n) is 26.3. The number of fused-ring (bicyclic) bond motifs is 7. The standard InChI is InChI=1S/C34H58N2O3/c1-21(2)22-12-17-34(36-28(39)35-29(3,4)20-37)19-18-32(8)23(27(22)34)10-11-25-31(7)15-14-26(38)30(5,6)24(31)13-16-33(25,32)9/h22-27,37-38H,1,10-20H2,2-9H3,(H2,35,36,39)/t22-,23+,24-,25+,26-,27+,31-,32+,33+,34-/m0/s1. The van der Waals surface area contributed by atoms with Gasteiger partial charge in [0.25, 0.3) is 0 Å². The highest BCUT2D eigenvalue weighted by Gasteiger charge is 2.71. The summed E-state index contributed by atoms with van der Waals surface area (Å²) >= 11 is 0. The molecule has 0 bridgehead atoms. The first-order valence-electron chi connectivity index (χ1n) is 16.0. The summed E-state index contributed by atoms with van der Waals surface area (Å²) in [6.07, 6.45) is 11.1. The fourth-order valence-electron chi connectivity index (χ4n) is 12.0. The van der Waals surface area contributed by atoms with Gasteiger partial charge in [0.2, 0.25) is 0 Å². The number of aliphatic hydroxyl groups excluding tert-OH is 2.